The Hall–Kier alpha value is -2.26. The van der Waals surface area contributed by atoms with Crippen LogP contribution in [0.2, 0.25) is 0 Å². The number of benzene rings is 4. The Bertz CT molecular complexity index is 905. The lowest BCUT2D eigenvalue weighted by Crippen LogP contribution is -2.29. The van der Waals surface area contributed by atoms with Crippen LogP contribution in [0.4, 0.5) is 0 Å². The van der Waals surface area contributed by atoms with E-state index in [9.17, 15) is 0 Å². The third-order valence-corrected chi connectivity index (χ3v) is 16.3. The topological polar surface area (TPSA) is 0 Å². The van der Waals surface area contributed by atoms with Crippen molar-refractivity contribution in [3.8, 4) is 0 Å². The number of hydrogen-bond acceptors (Lipinski definition) is 0. The SMILES string of the molecule is CC[P+](c1ccccc1)(c1ccccc1)P(c1ccccc1)c1ccccc1. The van der Waals surface area contributed by atoms with E-state index in [-0.39, 0.29) is 0 Å². The Morgan fingerprint density at radius 1 is 0.500 bits per heavy atom. The first-order chi connectivity index (χ1) is 13.9. The molecule has 0 radical (unpaired) electrons. The Kier molecular flexibility index (Phi) is 6.01. The van der Waals surface area contributed by atoms with Crippen LogP contribution in [0.5, 0.6) is 0 Å². The van der Waals surface area contributed by atoms with Gasteiger partial charge in [0.25, 0.3) is 0 Å². The molecule has 0 aromatic heterocycles. The van der Waals surface area contributed by atoms with Gasteiger partial charge in [-0.3, -0.25) is 0 Å². The molecule has 0 fully saturated rings. The van der Waals surface area contributed by atoms with Crippen molar-refractivity contribution in [2.75, 3.05) is 6.16 Å². The zero-order valence-electron chi connectivity index (χ0n) is 16.1. The van der Waals surface area contributed by atoms with Crippen LogP contribution in [0.1, 0.15) is 6.92 Å². The summed E-state index contributed by atoms with van der Waals surface area (Å²) >= 11 is 0. The predicted molar refractivity (Wildman–Crippen MR) is 129 cm³/mol. The maximum Gasteiger partial charge on any atom is 0.129 e. The van der Waals surface area contributed by atoms with Crippen LogP contribution in [0, 0.1) is 0 Å². The van der Waals surface area contributed by atoms with Gasteiger partial charge in [0, 0.05) is 10.6 Å². The summed E-state index contributed by atoms with van der Waals surface area (Å²) in [6, 6.07) is 44.8. The van der Waals surface area contributed by atoms with Gasteiger partial charge in [0.15, 0.2) is 0 Å². The van der Waals surface area contributed by atoms with E-state index in [1.807, 2.05) is 0 Å². The Balaban J connectivity index is 2.05. The summed E-state index contributed by atoms with van der Waals surface area (Å²) in [6.45, 7) is 0.713. The first-order valence-electron chi connectivity index (χ1n) is 9.76. The highest BCUT2D eigenvalue weighted by molar-refractivity contribution is 8.49. The standard InChI is InChI=1S/C26H25P2/c1-2-28(25-19-11-5-12-20-25,26-21-13-6-14-22-26)27(23-15-7-3-8-16-23)24-17-9-4-10-18-24/h3-22H,2H2,1H3/q+1. The van der Waals surface area contributed by atoms with Crippen molar-refractivity contribution in [3.05, 3.63) is 121 Å². The quantitative estimate of drug-likeness (QED) is 0.364. The summed E-state index contributed by atoms with van der Waals surface area (Å²) in [6.07, 6.45) is 1.15. The lowest BCUT2D eigenvalue weighted by Gasteiger charge is -2.34. The van der Waals surface area contributed by atoms with Gasteiger partial charge >= 0.3 is 0 Å². The number of rotatable bonds is 6. The highest BCUT2D eigenvalue weighted by Gasteiger charge is 2.50. The van der Waals surface area contributed by atoms with Crippen LogP contribution in [0.15, 0.2) is 121 Å². The summed E-state index contributed by atoms with van der Waals surface area (Å²) in [5, 5.41) is 5.93. The van der Waals surface area contributed by atoms with Gasteiger partial charge in [-0.2, -0.15) is 0 Å². The zero-order chi connectivity index (χ0) is 19.2. The van der Waals surface area contributed by atoms with Gasteiger partial charge in [-0.25, -0.2) is 0 Å². The average Bonchev–Trinajstić information content (AvgIpc) is 2.80. The van der Waals surface area contributed by atoms with Crippen molar-refractivity contribution in [2.45, 2.75) is 6.92 Å². The van der Waals surface area contributed by atoms with E-state index < -0.39 is 14.6 Å². The molecule has 0 aliphatic heterocycles. The maximum absolute atomic E-state index is 2.38. The molecule has 0 N–H and O–H groups in total. The second-order valence-electron chi connectivity index (χ2n) is 6.74. The molecule has 0 saturated heterocycles. The van der Waals surface area contributed by atoms with Gasteiger partial charge in [0.1, 0.15) is 25.2 Å². The molecule has 0 bridgehead atoms. The lowest BCUT2D eigenvalue weighted by molar-refractivity contribution is 1.50. The molecule has 4 aromatic rings. The molecule has 0 amide bonds. The van der Waals surface area contributed by atoms with E-state index in [0.29, 0.717) is 0 Å². The van der Waals surface area contributed by atoms with Crippen LogP contribution in [-0.2, 0) is 0 Å². The van der Waals surface area contributed by atoms with Gasteiger partial charge in [-0.1, -0.05) is 97.1 Å². The normalized spacial score (nSPS) is 11.5. The van der Waals surface area contributed by atoms with Crippen LogP contribution >= 0.6 is 14.6 Å². The minimum Gasteiger partial charge on any atom is -0.0622 e. The van der Waals surface area contributed by atoms with E-state index in [0.717, 1.165) is 6.16 Å². The van der Waals surface area contributed by atoms with Crippen molar-refractivity contribution in [3.63, 3.8) is 0 Å². The van der Waals surface area contributed by atoms with Gasteiger partial charge in [-0.15, -0.1) is 0 Å². The molecule has 28 heavy (non-hydrogen) atoms. The van der Waals surface area contributed by atoms with Crippen LogP contribution in [-0.4, -0.2) is 6.16 Å². The smallest absolute Gasteiger partial charge is 0.0622 e. The van der Waals surface area contributed by atoms with E-state index in [2.05, 4.69) is 128 Å². The predicted octanol–water partition coefficient (Wildman–Crippen LogP) is 5.72. The van der Waals surface area contributed by atoms with Crippen LogP contribution in [0.3, 0.4) is 0 Å². The third-order valence-electron chi connectivity index (χ3n) is 5.17. The third kappa shape index (κ3) is 3.56. The largest absolute Gasteiger partial charge is 0.129 e. The first-order valence-corrected chi connectivity index (χ1v) is 13.8. The van der Waals surface area contributed by atoms with Gasteiger partial charge in [-0.05, 0) is 31.2 Å². The lowest BCUT2D eigenvalue weighted by atomic mass is 10.4. The monoisotopic (exact) mass is 399 g/mol. The fraction of sp³-hybridized carbons (Fsp3) is 0.0769. The maximum atomic E-state index is 2.38. The molecule has 0 aliphatic rings. The van der Waals surface area contributed by atoms with Crippen molar-refractivity contribution in [2.24, 2.45) is 0 Å². The van der Waals surface area contributed by atoms with Gasteiger partial charge in [0.2, 0.25) is 0 Å². The summed E-state index contributed by atoms with van der Waals surface area (Å²) in [5.74, 6) is 0. The molecule has 0 unspecified atom stereocenters. The Morgan fingerprint density at radius 2 is 0.821 bits per heavy atom. The summed E-state index contributed by atoms with van der Waals surface area (Å²) < 4.78 is 0. The minimum absolute atomic E-state index is 0.540. The fourth-order valence-corrected chi connectivity index (χ4v) is 15.2. The van der Waals surface area contributed by atoms with Gasteiger partial charge < -0.3 is 0 Å². The van der Waals surface area contributed by atoms with E-state index in [1.165, 1.54) is 21.2 Å². The van der Waals surface area contributed by atoms with Crippen molar-refractivity contribution >= 4 is 35.8 Å². The molecule has 2 heteroatoms. The molecular weight excluding hydrogens is 374 g/mol. The van der Waals surface area contributed by atoms with Crippen molar-refractivity contribution in [1.29, 1.82) is 0 Å². The average molecular weight is 399 g/mol. The molecule has 0 nitrogen and oxygen atoms in total. The second-order valence-corrected chi connectivity index (χ2v) is 14.8. The van der Waals surface area contributed by atoms with E-state index in [4.69, 9.17) is 0 Å². The molecule has 138 valence electrons. The van der Waals surface area contributed by atoms with Crippen molar-refractivity contribution < 1.29 is 0 Å². The zero-order valence-corrected chi connectivity index (χ0v) is 17.9. The van der Waals surface area contributed by atoms with Gasteiger partial charge in [0.05, 0.1) is 6.16 Å². The highest BCUT2D eigenvalue weighted by atomic mass is 32.1. The van der Waals surface area contributed by atoms with Crippen LogP contribution in [0.25, 0.3) is 0 Å². The summed E-state index contributed by atoms with van der Waals surface area (Å²) in [7, 11) is -0.540. The Labute approximate surface area is 170 Å². The minimum atomic E-state index is -1.67. The molecule has 0 spiro atoms. The first kappa shape index (κ1) is 19.1. The van der Waals surface area contributed by atoms with E-state index in [1.54, 1.807) is 0 Å². The Morgan fingerprint density at radius 3 is 1.14 bits per heavy atom. The fourth-order valence-electron chi connectivity index (χ4n) is 3.92. The van der Waals surface area contributed by atoms with Crippen LogP contribution < -0.4 is 21.2 Å². The molecule has 0 atom stereocenters. The molecule has 4 aromatic carbocycles. The molecule has 0 heterocycles. The van der Waals surface area contributed by atoms with Crippen molar-refractivity contribution in [1.82, 2.24) is 0 Å². The summed E-state index contributed by atoms with van der Waals surface area (Å²) in [5.41, 5.74) is 0. The number of hydrogen-bond donors (Lipinski definition) is 0. The van der Waals surface area contributed by atoms with E-state index >= 15 is 0 Å². The highest BCUT2D eigenvalue weighted by Crippen LogP contribution is 2.80. The molecule has 0 saturated carbocycles. The second kappa shape index (κ2) is 8.83. The summed E-state index contributed by atoms with van der Waals surface area (Å²) in [4.78, 5) is 0. The molecule has 4 rings (SSSR count). The molecular formula is C26H25P2+. The molecule has 0 aliphatic carbocycles.